The third-order valence-electron chi connectivity index (χ3n) is 4.30. The molecule has 0 spiro atoms. The van der Waals surface area contributed by atoms with Crippen LogP contribution in [0.2, 0.25) is 0 Å². The van der Waals surface area contributed by atoms with Gasteiger partial charge in [-0.25, -0.2) is 4.68 Å². The smallest absolute Gasteiger partial charge is 0.282 e. The molecular formula is C17H19BrN4O3. The number of ether oxygens (including phenoxy) is 1. The molecule has 1 aliphatic heterocycles. The number of benzene rings is 1. The summed E-state index contributed by atoms with van der Waals surface area (Å²) in [7, 11) is 3.21. The number of amides is 1. The molecule has 8 heteroatoms. The molecule has 1 aromatic carbocycles. The summed E-state index contributed by atoms with van der Waals surface area (Å²) in [5.41, 5.74) is 1.24. The number of aromatic nitrogens is 2. The number of anilines is 1. The number of carbonyl (C=O) groups excluding carboxylic acids is 1. The average molecular weight is 407 g/mol. The van der Waals surface area contributed by atoms with E-state index in [1.807, 2.05) is 4.90 Å². The lowest BCUT2D eigenvalue weighted by Crippen LogP contribution is -2.49. The second kappa shape index (κ2) is 7.26. The van der Waals surface area contributed by atoms with Crippen LogP contribution in [0.3, 0.4) is 0 Å². The number of hydrogen-bond acceptors (Lipinski definition) is 5. The van der Waals surface area contributed by atoms with Crippen LogP contribution in [0, 0.1) is 0 Å². The van der Waals surface area contributed by atoms with Crippen molar-refractivity contribution >= 4 is 27.5 Å². The van der Waals surface area contributed by atoms with E-state index in [0.717, 1.165) is 11.4 Å². The summed E-state index contributed by atoms with van der Waals surface area (Å²) in [6, 6.07) is 7.11. The van der Waals surface area contributed by atoms with Gasteiger partial charge in [-0.2, -0.15) is 5.10 Å². The molecule has 1 aromatic heterocycles. The van der Waals surface area contributed by atoms with Crippen LogP contribution in [0.15, 0.2) is 39.7 Å². The van der Waals surface area contributed by atoms with Gasteiger partial charge in [0.2, 0.25) is 0 Å². The van der Waals surface area contributed by atoms with Gasteiger partial charge < -0.3 is 14.5 Å². The van der Waals surface area contributed by atoms with Crippen LogP contribution in [0.4, 0.5) is 5.69 Å². The highest BCUT2D eigenvalue weighted by Crippen LogP contribution is 2.23. The van der Waals surface area contributed by atoms with Crippen molar-refractivity contribution in [3.05, 3.63) is 50.9 Å². The quantitative estimate of drug-likeness (QED) is 0.772. The molecule has 2 heterocycles. The third-order valence-corrected chi connectivity index (χ3v) is 5.05. The fourth-order valence-corrected chi connectivity index (χ4v) is 3.40. The summed E-state index contributed by atoms with van der Waals surface area (Å²) < 4.78 is 6.91. The highest BCUT2D eigenvalue weighted by molar-refractivity contribution is 9.10. The molecule has 3 rings (SSSR count). The van der Waals surface area contributed by atoms with Crippen molar-refractivity contribution < 1.29 is 9.53 Å². The molecule has 0 unspecified atom stereocenters. The normalized spacial score (nSPS) is 14.5. The van der Waals surface area contributed by atoms with Crippen molar-refractivity contribution in [1.82, 2.24) is 14.7 Å². The minimum absolute atomic E-state index is 0.00321. The van der Waals surface area contributed by atoms with Crippen LogP contribution in [-0.4, -0.2) is 53.9 Å². The number of aryl methyl sites for hydroxylation is 1. The van der Waals surface area contributed by atoms with Crippen molar-refractivity contribution in [2.24, 2.45) is 7.05 Å². The predicted molar refractivity (Wildman–Crippen MR) is 98.3 cm³/mol. The topological polar surface area (TPSA) is 67.7 Å². The van der Waals surface area contributed by atoms with Crippen LogP contribution >= 0.6 is 15.9 Å². The zero-order valence-corrected chi connectivity index (χ0v) is 15.7. The molecule has 132 valence electrons. The Hall–Kier alpha value is -2.35. The number of piperazine rings is 1. The summed E-state index contributed by atoms with van der Waals surface area (Å²) in [5, 5.41) is 4.07. The van der Waals surface area contributed by atoms with E-state index in [0.29, 0.717) is 36.2 Å². The van der Waals surface area contributed by atoms with E-state index < -0.39 is 0 Å². The van der Waals surface area contributed by atoms with Crippen LogP contribution in [0.5, 0.6) is 5.75 Å². The molecule has 1 saturated heterocycles. The van der Waals surface area contributed by atoms with Crippen molar-refractivity contribution in [2.75, 3.05) is 38.2 Å². The Morgan fingerprint density at radius 2 is 1.80 bits per heavy atom. The first-order chi connectivity index (χ1) is 12.0. The maximum Gasteiger partial charge on any atom is 0.282 e. The molecule has 0 radical (unpaired) electrons. The molecule has 7 nitrogen and oxygen atoms in total. The van der Waals surface area contributed by atoms with Crippen molar-refractivity contribution in [2.45, 2.75) is 0 Å². The number of carbonyl (C=O) groups is 1. The third kappa shape index (κ3) is 3.53. The minimum atomic E-state index is -0.172. The molecule has 1 fully saturated rings. The number of methoxy groups -OCH3 is 1. The van der Waals surface area contributed by atoms with Gasteiger partial charge in [0.15, 0.2) is 0 Å². The molecule has 0 saturated carbocycles. The fourth-order valence-electron chi connectivity index (χ4n) is 2.79. The SMILES string of the molecule is COc1ccc(C(=O)N2CCN(c3cnn(C)c(=O)c3Br)CC2)cc1. The lowest BCUT2D eigenvalue weighted by Gasteiger charge is -2.36. The number of nitrogens with zero attached hydrogens (tertiary/aromatic N) is 4. The fraction of sp³-hybridized carbons (Fsp3) is 0.353. The minimum Gasteiger partial charge on any atom is -0.497 e. The van der Waals surface area contributed by atoms with Crippen LogP contribution in [-0.2, 0) is 7.05 Å². The van der Waals surface area contributed by atoms with E-state index in [4.69, 9.17) is 4.74 Å². The highest BCUT2D eigenvalue weighted by atomic mass is 79.9. The van der Waals surface area contributed by atoms with Gasteiger partial charge in [0.05, 0.1) is 19.0 Å². The van der Waals surface area contributed by atoms with Crippen LogP contribution in [0.1, 0.15) is 10.4 Å². The number of halogens is 1. The van der Waals surface area contributed by atoms with Gasteiger partial charge >= 0.3 is 0 Å². The Labute approximate surface area is 153 Å². The molecule has 0 atom stereocenters. The van der Waals surface area contributed by atoms with Crippen molar-refractivity contribution in [3.63, 3.8) is 0 Å². The molecule has 1 amide bonds. The van der Waals surface area contributed by atoms with Crippen molar-refractivity contribution in [1.29, 1.82) is 0 Å². The Bertz CT molecular complexity index is 827. The maximum absolute atomic E-state index is 12.6. The van der Waals surface area contributed by atoms with E-state index in [1.54, 1.807) is 44.6 Å². The van der Waals surface area contributed by atoms with Gasteiger partial charge in [0.25, 0.3) is 11.5 Å². The van der Waals surface area contributed by atoms with E-state index in [2.05, 4.69) is 25.9 Å². The van der Waals surface area contributed by atoms with Gasteiger partial charge in [0, 0.05) is 38.8 Å². The molecule has 0 bridgehead atoms. The van der Waals surface area contributed by atoms with E-state index in [9.17, 15) is 9.59 Å². The summed E-state index contributed by atoms with van der Waals surface area (Å²) in [6.07, 6.45) is 1.67. The Morgan fingerprint density at radius 1 is 1.16 bits per heavy atom. The average Bonchev–Trinajstić information content (AvgIpc) is 2.66. The van der Waals surface area contributed by atoms with Gasteiger partial charge in [-0.3, -0.25) is 9.59 Å². The second-order valence-electron chi connectivity index (χ2n) is 5.78. The van der Waals surface area contributed by atoms with E-state index in [1.165, 1.54) is 4.68 Å². The molecule has 2 aromatic rings. The summed E-state index contributed by atoms with van der Waals surface area (Å²) in [5.74, 6) is 0.729. The predicted octanol–water partition coefficient (Wildman–Crippen LogP) is 1.51. The Kier molecular flexibility index (Phi) is 5.08. The first-order valence-corrected chi connectivity index (χ1v) is 8.70. The number of rotatable bonds is 3. The lowest BCUT2D eigenvalue weighted by atomic mass is 10.1. The summed E-state index contributed by atoms with van der Waals surface area (Å²) >= 11 is 3.35. The lowest BCUT2D eigenvalue weighted by molar-refractivity contribution is 0.0746. The standard InChI is InChI=1S/C17H19BrN4O3/c1-20-17(24)15(18)14(11-19-20)21-7-9-22(10-8-21)16(23)12-3-5-13(25-2)6-4-12/h3-6,11H,7-10H2,1-2H3. The molecule has 1 aliphatic rings. The largest absolute Gasteiger partial charge is 0.497 e. The summed E-state index contributed by atoms with van der Waals surface area (Å²) in [6.45, 7) is 2.48. The van der Waals surface area contributed by atoms with Gasteiger partial charge in [-0.15, -0.1) is 0 Å². The molecule has 25 heavy (non-hydrogen) atoms. The maximum atomic E-state index is 12.6. The van der Waals surface area contributed by atoms with Gasteiger partial charge in [0.1, 0.15) is 10.2 Å². The van der Waals surface area contributed by atoms with Crippen LogP contribution in [0.25, 0.3) is 0 Å². The Morgan fingerprint density at radius 3 is 2.40 bits per heavy atom. The Balaban J connectivity index is 1.68. The zero-order valence-electron chi connectivity index (χ0n) is 14.1. The summed E-state index contributed by atoms with van der Waals surface area (Å²) in [4.78, 5) is 28.5. The first kappa shape index (κ1) is 17.5. The van der Waals surface area contributed by atoms with Crippen molar-refractivity contribution in [3.8, 4) is 5.75 Å². The van der Waals surface area contributed by atoms with Gasteiger partial charge in [-0.05, 0) is 40.2 Å². The van der Waals surface area contributed by atoms with Crippen LogP contribution < -0.4 is 15.2 Å². The van der Waals surface area contributed by atoms with E-state index >= 15 is 0 Å². The monoisotopic (exact) mass is 406 g/mol. The van der Waals surface area contributed by atoms with Gasteiger partial charge in [-0.1, -0.05) is 0 Å². The second-order valence-corrected chi connectivity index (χ2v) is 6.57. The first-order valence-electron chi connectivity index (χ1n) is 7.91. The zero-order chi connectivity index (χ0) is 18.0. The number of hydrogen-bond donors (Lipinski definition) is 0. The highest BCUT2D eigenvalue weighted by Gasteiger charge is 2.24. The molecular weight excluding hydrogens is 388 g/mol. The molecule has 0 N–H and O–H groups in total. The molecule has 0 aliphatic carbocycles. The van der Waals surface area contributed by atoms with E-state index in [-0.39, 0.29) is 11.5 Å².